The monoisotopic (exact) mass is 399 g/mol. The van der Waals surface area contributed by atoms with Crippen molar-refractivity contribution in [3.63, 3.8) is 0 Å². The van der Waals surface area contributed by atoms with Crippen LogP contribution < -0.4 is 0 Å². The third-order valence-corrected chi connectivity index (χ3v) is 5.91. The number of nitrogens with zero attached hydrogens (tertiary/aromatic N) is 1. The summed E-state index contributed by atoms with van der Waals surface area (Å²) in [6, 6.07) is 16.6. The summed E-state index contributed by atoms with van der Waals surface area (Å²) >= 11 is 2.41. The third-order valence-electron chi connectivity index (χ3n) is 3.93. The summed E-state index contributed by atoms with van der Waals surface area (Å²) in [6.07, 6.45) is 1.69. The second-order valence-electron chi connectivity index (χ2n) is 5.70. The fourth-order valence-corrected chi connectivity index (χ4v) is 4.38. The number of hydrogen-bond donors (Lipinski definition) is 0. The van der Waals surface area contributed by atoms with Crippen LogP contribution in [0.2, 0.25) is 0 Å². The van der Waals surface area contributed by atoms with Gasteiger partial charge in [0.15, 0.2) is 0 Å². The van der Waals surface area contributed by atoms with Crippen LogP contribution in [0.25, 0.3) is 6.08 Å². The van der Waals surface area contributed by atoms with Crippen LogP contribution in [-0.2, 0) is 14.3 Å². The van der Waals surface area contributed by atoms with E-state index in [9.17, 15) is 14.4 Å². The Hall–Kier alpha value is -2.51. The lowest BCUT2D eigenvalue weighted by atomic mass is 10.2. The summed E-state index contributed by atoms with van der Waals surface area (Å²) in [6.45, 7) is 1.48. The largest absolute Gasteiger partial charge is 0.467 e. The second kappa shape index (κ2) is 8.45. The number of methoxy groups -OCH3 is 1. The number of benzene rings is 2. The van der Waals surface area contributed by atoms with Crippen LogP contribution in [0.4, 0.5) is 4.79 Å². The van der Waals surface area contributed by atoms with E-state index in [0.717, 1.165) is 32.0 Å². The van der Waals surface area contributed by atoms with E-state index in [1.807, 2.05) is 54.6 Å². The molecule has 0 bridgehead atoms. The lowest BCUT2D eigenvalue weighted by Gasteiger charge is -2.18. The van der Waals surface area contributed by atoms with Gasteiger partial charge in [0.25, 0.3) is 11.1 Å². The number of carbonyl (C=O) groups excluding carboxylic acids is 3. The van der Waals surface area contributed by atoms with Crippen LogP contribution >= 0.6 is 23.5 Å². The van der Waals surface area contributed by atoms with Gasteiger partial charge in [-0.2, -0.15) is 0 Å². The number of hydrogen-bond acceptors (Lipinski definition) is 6. The van der Waals surface area contributed by atoms with Crippen molar-refractivity contribution < 1.29 is 19.1 Å². The van der Waals surface area contributed by atoms with Gasteiger partial charge in [-0.1, -0.05) is 48.2 Å². The first kappa shape index (κ1) is 19.3. The first-order valence-electron chi connectivity index (χ1n) is 8.18. The molecule has 1 atom stereocenters. The molecular weight excluding hydrogens is 382 g/mol. The summed E-state index contributed by atoms with van der Waals surface area (Å²) in [5, 5.41) is -0.475. The van der Waals surface area contributed by atoms with Crippen molar-refractivity contribution in [2.75, 3.05) is 7.11 Å². The fraction of sp³-hybridized carbons (Fsp3) is 0.150. The Morgan fingerprint density at radius 3 is 2.48 bits per heavy atom. The summed E-state index contributed by atoms with van der Waals surface area (Å²) in [5.74, 6) is -1.11. The predicted molar refractivity (Wildman–Crippen MR) is 106 cm³/mol. The summed E-state index contributed by atoms with van der Waals surface area (Å²) in [4.78, 5) is 39.9. The van der Waals surface area contributed by atoms with E-state index in [1.54, 1.807) is 17.8 Å². The number of ether oxygens (including phenoxy) is 1. The molecule has 1 saturated heterocycles. The summed E-state index contributed by atoms with van der Waals surface area (Å²) < 4.78 is 4.64. The number of imide groups is 1. The smallest absolute Gasteiger partial charge is 0.328 e. The Morgan fingerprint density at radius 1 is 1.11 bits per heavy atom. The molecule has 0 saturated carbocycles. The molecule has 0 aromatic heterocycles. The van der Waals surface area contributed by atoms with Crippen LogP contribution in [-0.4, -0.2) is 35.2 Å². The van der Waals surface area contributed by atoms with Gasteiger partial charge in [0.1, 0.15) is 6.04 Å². The molecule has 2 amide bonds. The molecule has 0 aliphatic carbocycles. The molecule has 138 valence electrons. The Bertz CT molecular complexity index is 911. The second-order valence-corrected chi connectivity index (χ2v) is 7.81. The van der Waals surface area contributed by atoms with Gasteiger partial charge < -0.3 is 4.74 Å². The average molecular weight is 399 g/mol. The molecule has 0 radical (unpaired) electrons. The standard InChI is InChI=1S/C20H17NO4S2/c1-13(19(23)25-2)21-18(22)17(27-20(21)24)12-14-8-6-7-11-16(14)26-15-9-4-3-5-10-15/h3-13H,1-2H3/b17-12+. The van der Waals surface area contributed by atoms with Crippen molar-refractivity contribution in [3.05, 3.63) is 65.1 Å². The molecule has 1 unspecified atom stereocenters. The highest BCUT2D eigenvalue weighted by atomic mass is 32.2. The predicted octanol–water partition coefficient (Wildman–Crippen LogP) is 4.44. The van der Waals surface area contributed by atoms with Crippen LogP contribution in [0, 0.1) is 0 Å². The van der Waals surface area contributed by atoms with Crippen LogP contribution in [0.3, 0.4) is 0 Å². The SMILES string of the molecule is COC(=O)C(C)N1C(=O)S/C(=C/c2ccccc2Sc2ccccc2)C1=O. The Balaban J connectivity index is 1.88. The Morgan fingerprint density at radius 2 is 1.78 bits per heavy atom. The van der Waals surface area contributed by atoms with E-state index >= 15 is 0 Å². The molecule has 5 nitrogen and oxygen atoms in total. The zero-order chi connectivity index (χ0) is 19.4. The van der Waals surface area contributed by atoms with E-state index < -0.39 is 23.2 Å². The van der Waals surface area contributed by atoms with Crippen molar-refractivity contribution in [1.82, 2.24) is 4.90 Å². The van der Waals surface area contributed by atoms with E-state index in [1.165, 1.54) is 14.0 Å². The zero-order valence-electron chi connectivity index (χ0n) is 14.7. The molecular formula is C20H17NO4S2. The van der Waals surface area contributed by atoms with Crippen LogP contribution in [0.1, 0.15) is 12.5 Å². The maximum atomic E-state index is 12.7. The molecule has 0 spiro atoms. The maximum Gasteiger partial charge on any atom is 0.328 e. The first-order valence-corrected chi connectivity index (χ1v) is 9.81. The third kappa shape index (κ3) is 4.26. The highest BCUT2D eigenvalue weighted by Gasteiger charge is 2.41. The van der Waals surface area contributed by atoms with Gasteiger partial charge in [-0.3, -0.25) is 14.5 Å². The number of thioether (sulfide) groups is 1. The maximum absolute atomic E-state index is 12.7. The molecule has 7 heteroatoms. The highest BCUT2D eigenvalue weighted by molar-refractivity contribution is 8.18. The molecule has 1 heterocycles. The van der Waals surface area contributed by atoms with Gasteiger partial charge in [-0.15, -0.1) is 0 Å². The number of rotatable bonds is 5. The van der Waals surface area contributed by atoms with E-state index in [2.05, 4.69) is 4.74 Å². The molecule has 2 aromatic carbocycles. The quantitative estimate of drug-likeness (QED) is 0.547. The number of amides is 2. The van der Waals surface area contributed by atoms with Crippen LogP contribution in [0.15, 0.2) is 69.3 Å². The van der Waals surface area contributed by atoms with Gasteiger partial charge in [-0.25, -0.2) is 4.79 Å². The highest BCUT2D eigenvalue weighted by Crippen LogP contribution is 2.37. The minimum atomic E-state index is -0.956. The molecule has 3 rings (SSSR count). The topological polar surface area (TPSA) is 63.7 Å². The van der Waals surface area contributed by atoms with E-state index in [0.29, 0.717) is 0 Å². The van der Waals surface area contributed by atoms with Gasteiger partial charge in [0.2, 0.25) is 0 Å². The summed E-state index contributed by atoms with van der Waals surface area (Å²) in [5.41, 5.74) is 0.836. The van der Waals surface area contributed by atoms with Crippen molar-refractivity contribution in [2.45, 2.75) is 22.8 Å². The first-order chi connectivity index (χ1) is 13.0. The lowest BCUT2D eigenvalue weighted by molar-refractivity contribution is -0.148. The van der Waals surface area contributed by atoms with Crippen molar-refractivity contribution >= 4 is 46.7 Å². The summed E-state index contributed by atoms with van der Waals surface area (Å²) in [7, 11) is 1.23. The van der Waals surface area contributed by atoms with Crippen molar-refractivity contribution in [3.8, 4) is 0 Å². The van der Waals surface area contributed by atoms with Crippen molar-refractivity contribution in [1.29, 1.82) is 0 Å². The van der Waals surface area contributed by atoms with Crippen LogP contribution in [0.5, 0.6) is 0 Å². The lowest BCUT2D eigenvalue weighted by Crippen LogP contribution is -2.42. The number of esters is 1. The fourth-order valence-electron chi connectivity index (χ4n) is 2.54. The van der Waals surface area contributed by atoms with Gasteiger partial charge in [-0.05, 0) is 48.5 Å². The zero-order valence-corrected chi connectivity index (χ0v) is 16.4. The molecule has 0 N–H and O–H groups in total. The average Bonchev–Trinajstić information content (AvgIpc) is 2.96. The molecule has 1 aliphatic rings. The molecule has 27 heavy (non-hydrogen) atoms. The normalized spacial score (nSPS) is 16.7. The van der Waals surface area contributed by atoms with E-state index in [4.69, 9.17) is 0 Å². The minimum absolute atomic E-state index is 0.289. The Labute approximate surface area is 165 Å². The minimum Gasteiger partial charge on any atom is -0.467 e. The van der Waals surface area contributed by atoms with E-state index in [-0.39, 0.29) is 4.91 Å². The van der Waals surface area contributed by atoms with Gasteiger partial charge in [0.05, 0.1) is 12.0 Å². The van der Waals surface area contributed by atoms with Crippen molar-refractivity contribution in [2.24, 2.45) is 0 Å². The molecule has 1 fully saturated rings. The van der Waals surface area contributed by atoms with Gasteiger partial charge >= 0.3 is 5.97 Å². The molecule has 2 aromatic rings. The number of carbonyl (C=O) groups is 3. The van der Waals surface area contributed by atoms with Gasteiger partial charge in [0, 0.05) is 9.79 Å². The Kier molecular flexibility index (Phi) is 6.03. The molecule has 1 aliphatic heterocycles.